The molecule has 0 aliphatic carbocycles. The van der Waals surface area contributed by atoms with Crippen LogP contribution in [0.3, 0.4) is 0 Å². The maximum atomic E-state index is 12.7. The summed E-state index contributed by atoms with van der Waals surface area (Å²) in [7, 11) is 0. The van der Waals surface area contributed by atoms with Gasteiger partial charge in [0.2, 0.25) is 0 Å². The second-order valence-electron chi connectivity index (χ2n) is 7.54. The zero-order valence-corrected chi connectivity index (χ0v) is 18.8. The molecule has 150 valence electrons. The van der Waals surface area contributed by atoms with E-state index in [0.29, 0.717) is 19.0 Å². The number of aromatic nitrogens is 2. The van der Waals surface area contributed by atoms with Crippen LogP contribution in [0.4, 0.5) is 16.3 Å². The molecular formula is C22H24IN5O. The highest BCUT2D eigenvalue weighted by atomic mass is 127. The fourth-order valence-corrected chi connectivity index (χ4v) is 4.03. The Kier molecular flexibility index (Phi) is 5.84. The highest BCUT2D eigenvalue weighted by molar-refractivity contribution is 14.1. The molecule has 0 spiro atoms. The number of rotatable bonds is 3. The van der Waals surface area contributed by atoms with E-state index in [0.717, 1.165) is 39.1 Å². The van der Waals surface area contributed by atoms with E-state index in [1.165, 1.54) is 5.56 Å². The minimum Gasteiger partial charge on any atom is -0.352 e. The molecule has 1 aliphatic rings. The number of nitrogens with zero attached hydrogens (tertiary/aromatic N) is 4. The molecule has 1 saturated heterocycles. The lowest BCUT2D eigenvalue weighted by atomic mass is 10.0. The molecule has 6 nitrogen and oxygen atoms in total. The van der Waals surface area contributed by atoms with Gasteiger partial charge in [-0.1, -0.05) is 26.0 Å². The normalized spacial score (nSPS) is 14.5. The third kappa shape index (κ3) is 4.44. The molecule has 2 heterocycles. The first-order valence-corrected chi connectivity index (χ1v) is 10.9. The third-order valence-corrected chi connectivity index (χ3v) is 5.94. The number of halogens is 1. The van der Waals surface area contributed by atoms with Crippen LogP contribution >= 0.6 is 22.6 Å². The van der Waals surface area contributed by atoms with Crippen molar-refractivity contribution in [3.8, 4) is 0 Å². The van der Waals surface area contributed by atoms with Gasteiger partial charge in [0.25, 0.3) is 0 Å². The van der Waals surface area contributed by atoms with Crippen molar-refractivity contribution in [1.29, 1.82) is 0 Å². The van der Waals surface area contributed by atoms with E-state index in [1.54, 1.807) is 6.33 Å². The average molecular weight is 501 g/mol. The minimum atomic E-state index is -0.0518. The Morgan fingerprint density at radius 2 is 1.76 bits per heavy atom. The van der Waals surface area contributed by atoms with Crippen LogP contribution in [-0.4, -0.2) is 47.1 Å². The summed E-state index contributed by atoms with van der Waals surface area (Å²) in [5.41, 5.74) is 3.04. The van der Waals surface area contributed by atoms with Crippen LogP contribution in [0.2, 0.25) is 0 Å². The van der Waals surface area contributed by atoms with Crippen molar-refractivity contribution in [2.75, 3.05) is 36.4 Å². The molecular weight excluding hydrogens is 477 g/mol. The molecule has 0 unspecified atom stereocenters. The number of fused-ring (bicyclic) bond motifs is 1. The summed E-state index contributed by atoms with van der Waals surface area (Å²) in [6.45, 7) is 7.13. The van der Waals surface area contributed by atoms with Gasteiger partial charge in [0.05, 0.1) is 5.52 Å². The summed E-state index contributed by atoms with van der Waals surface area (Å²) in [5, 5.41) is 4.07. The Hall–Kier alpha value is -2.42. The number of urea groups is 1. The molecule has 1 aromatic heterocycles. The van der Waals surface area contributed by atoms with Gasteiger partial charge in [-0.05, 0) is 64.4 Å². The number of carbonyl (C=O) groups excluding carboxylic acids is 1. The molecule has 2 aromatic carbocycles. The van der Waals surface area contributed by atoms with Crippen molar-refractivity contribution in [2.45, 2.75) is 19.8 Å². The van der Waals surface area contributed by atoms with E-state index in [-0.39, 0.29) is 6.03 Å². The lowest BCUT2D eigenvalue weighted by molar-refractivity contribution is 0.208. The molecule has 1 aliphatic heterocycles. The van der Waals surface area contributed by atoms with Crippen LogP contribution in [0.1, 0.15) is 25.3 Å². The number of amides is 2. The van der Waals surface area contributed by atoms with Gasteiger partial charge >= 0.3 is 6.03 Å². The van der Waals surface area contributed by atoms with Gasteiger partial charge in [0.15, 0.2) is 0 Å². The number of piperazine rings is 1. The predicted molar refractivity (Wildman–Crippen MR) is 126 cm³/mol. The van der Waals surface area contributed by atoms with Gasteiger partial charge < -0.3 is 15.1 Å². The fourth-order valence-electron chi connectivity index (χ4n) is 3.54. The van der Waals surface area contributed by atoms with Crippen molar-refractivity contribution in [3.63, 3.8) is 0 Å². The first kappa shape index (κ1) is 19.9. The number of benzene rings is 2. The number of anilines is 2. The zero-order valence-electron chi connectivity index (χ0n) is 16.6. The standard InChI is InChI=1S/C22H24IN5O/c1-15(2)16-3-6-18(7-4-16)26-22(29)28-11-9-27(10-12-28)21-19-13-17(23)5-8-20(19)24-14-25-21/h3-8,13-15H,9-12H2,1-2H3,(H,26,29). The summed E-state index contributed by atoms with van der Waals surface area (Å²) in [4.78, 5) is 25.6. The predicted octanol–water partition coefficient (Wildman–Crippen LogP) is 4.71. The van der Waals surface area contributed by atoms with Crippen LogP contribution in [0.5, 0.6) is 0 Å². The van der Waals surface area contributed by atoms with Crippen molar-refractivity contribution < 1.29 is 4.79 Å². The Morgan fingerprint density at radius 3 is 2.45 bits per heavy atom. The summed E-state index contributed by atoms with van der Waals surface area (Å²) in [5.74, 6) is 1.42. The van der Waals surface area contributed by atoms with Gasteiger partial charge in [-0.25, -0.2) is 14.8 Å². The topological polar surface area (TPSA) is 61.4 Å². The SMILES string of the molecule is CC(C)c1ccc(NC(=O)N2CCN(c3ncnc4ccc(I)cc34)CC2)cc1. The van der Waals surface area contributed by atoms with E-state index in [2.05, 4.69) is 80.9 Å². The van der Waals surface area contributed by atoms with Crippen molar-refractivity contribution >= 4 is 51.0 Å². The number of carbonyl (C=O) groups is 1. The zero-order chi connectivity index (χ0) is 20.4. The molecule has 29 heavy (non-hydrogen) atoms. The molecule has 4 rings (SSSR count). The molecule has 1 N–H and O–H groups in total. The van der Waals surface area contributed by atoms with Crippen molar-refractivity contribution in [1.82, 2.24) is 14.9 Å². The van der Waals surface area contributed by atoms with Crippen molar-refractivity contribution in [3.05, 3.63) is 57.9 Å². The molecule has 0 bridgehead atoms. The second-order valence-corrected chi connectivity index (χ2v) is 8.79. The monoisotopic (exact) mass is 501 g/mol. The van der Waals surface area contributed by atoms with Crippen LogP contribution in [0.25, 0.3) is 10.9 Å². The summed E-state index contributed by atoms with van der Waals surface area (Å²) in [6, 6.07) is 14.2. The van der Waals surface area contributed by atoms with Crippen molar-refractivity contribution in [2.24, 2.45) is 0 Å². The van der Waals surface area contributed by atoms with Crippen LogP contribution in [-0.2, 0) is 0 Å². The van der Waals surface area contributed by atoms with E-state index in [1.807, 2.05) is 23.1 Å². The molecule has 0 radical (unpaired) electrons. The molecule has 7 heteroatoms. The van der Waals surface area contributed by atoms with Crippen LogP contribution < -0.4 is 10.2 Å². The number of hydrogen-bond acceptors (Lipinski definition) is 4. The summed E-state index contributed by atoms with van der Waals surface area (Å²) < 4.78 is 1.16. The van der Waals surface area contributed by atoms with E-state index >= 15 is 0 Å². The highest BCUT2D eigenvalue weighted by Gasteiger charge is 2.23. The van der Waals surface area contributed by atoms with E-state index < -0.39 is 0 Å². The van der Waals surface area contributed by atoms with Gasteiger partial charge in [0, 0.05) is 40.8 Å². The van der Waals surface area contributed by atoms with E-state index in [9.17, 15) is 4.79 Å². The lowest BCUT2D eigenvalue weighted by Crippen LogP contribution is -2.50. The first-order valence-electron chi connectivity index (χ1n) is 9.82. The van der Waals surface area contributed by atoms with Gasteiger partial charge in [-0.3, -0.25) is 0 Å². The Labute approximate surface area is 184 Å². The van der Waals surface area contributed by atoms with E-state index in [4.69, 9.17) is 0 Å². The quantitative estimate of drug-likeness (QED) is 0.529. The average Bonchev–Trinajstić information content (AvgIpc) is 2.74. The van der Waals surface area contributed by atoms with Gasteiger partial charge in [-0.15, -0.1) is 0 Å². The third-order valence-electron chi connectivity index (χ3n) is 5.27. The van der Waals surface area contributed by atoms with Crippen LogP contribution in [0, 0.1) is 3.57 Å². The largest absolute Gasteiger partial charge is 0.352 e. The minimum absolute atomic E-state index is 0.0518. The molecule has 2 amide bonds. The molecule has 1 fully saturated rings. The molecule has 0 saturated carbocycles. The number of nitrogens with one attached hydrogen (secondary N) is 1. The lowest BCUT2D eigenvalue weighted by Gasteiger charge is -2.35. The smallest absolute Gasteiger partial charge is 0.321 e. The maximum Gasteiger partial charge on any atom is 0.321 e. The Morgan fingerprint density at radius 1 is 1.03 bits per heavy atom. The molecule has 0 atom stereocenters. The van der Waals surface area contributed by atoms with Gasteiger partial charge in [-0.2, -0.15) is 0 Å². The first-order chi connectivity index (χ1) is 14.0. The Bertz CT molecular complexity index is 1010. The summed E-state index contributed by atoms with van der Waals surface area (Å²) in [6.07, 6.45) is 1.62. The Balaban J connectivity index is 1.40. The fraction of sp³-hybridized carbons (Fsp3) is 0.318. The maximum absolute atomic E-state index is 12.7. The number of hydrogen-bond donors (Lipinski definition) is 1. The second kappa shape index (κ2) is 8.52. The summed E-state index contributed by atoms with van der Waals surface area (Å²) >= 11 is 2.31. The highest BCUT2D eigenvalue weighted by Crippen LogP contribution is 2.26. The molecule has 3 aromatic rings. The van der Waals surface area contributed by atoms with Gasteiger partial charge in [0.1, 0.15) is 12.1 Å². The van der Waals surface area contributed by atoms with Crippen LogP contribution in [0.15, 0.2) is 48.8 Å².